The van der Waals surface area contributed by atoms with E-state index in [1.54, 1.807) is 11.8 Å². The van der Waals surface area contributed by atoms with Crippen molar-refractivity contribution in [3.05, 3.63) is 64.9 Å². The van der Waals surface area contributed by atoms with Gasteiger partial charge in [0.1, 0.15) is 6.04 Å². The Hall–Kier alpha value is -3.88. The zero-order valence-electron chi connectivity index (χ0n) is 19.3. The van der Waals surface area contributed by atoms with Crippen LogP contribution in [0.2, 0.25) is 0 Å². The zero-order valence-corrected chi connectivity index (χ0v) is 19.3. The summed E-state index contributed by atoms with van der Waals surface area (Å²) in [5.41, 5.74) is 3.82. The van der Waals surface area contributed by atoms with Crippen LogP contribution in [0.1, 0.15) is 43.9 Å². The van der Waals surface area contributed by atoms with Gasteiger partial charge in [0.2, 0.25) is 5.95 Å². The van der Waals surface area contributed by atoms with Crippen LogP contribution in [0.15, 0.2) is 53.7 Å². The van der Waals surface area contributed by atoms with Crippen LogP contribution in [-0.4, -0.2) is 39.8 Å². The van der Waals surface area contributed by atoms with Crippen molar-refractivity contribution >= 4 is 17.5 Å². The molecule has 1 aliphatic rings. The summed E-state index contributed by atoms with van der Waals surface area (Å²) in [5.74, 6) is 1.48. The lowest BCUT2D eigenvalue weighted by molar-refractivity contribution is -0.113. The standard InChI is InChI=1S/C24H28N6O3/c1-5-6-13-33-19-12-9-17(14-20(19)32-4)22-21(16(3)25-24-27-28-29-30(22)24)23(31)26-18-10-7-15(2)8-11-18/h7-12,14,22H,5-6,13H2,1-4H3,(H,26,31)(H,25,27,29). The topological polar surface area (TPSA) is 103 Å². The number of hydrogen-bond donors (Lipinski definition) is 2. The number of amides is 1. The second-order valence-corrected chi connectivity index (χ2v) is 7.95. The molecule has 2 heterocycles. The molecule has 0 saturated heterocycles. The van der Waals surface area contributed by atoms with Crippen molar-refractivity contribution in [3.63, 3.8) is 0 Å². The number of aryl methyl sites for hydroxylation is 1. The zero-order chi connectivity index (χ0) is 23.4. The fourth-order valence-electron chi connectivity index (χ4n) is 3.75. The van der Waals surface area contributed by atoms with Gasteiger partial charge in [-0.3, -0.25) is 4.79 Å². The normalized spacial score (nSPS) is 15.0. The Morgan fingerprint density at radius 2 is 1.94 bits per heavy atom. The van der Waals surface area contributed by atoms with Crippen molar-refractivity contribution in [2.75, 3.05) is 24.4 Å². The largest absolute Gasteiger partial charge is 0.493 e. The molecule has 0 saturated carbocycles. The Balaban J connectivity index is 1.71. The first kappa shape index (κ1) is 22.3. The van der Waals surface area contributed by atoms with Gasteiger partial charge in [0.25, 0.3) is 5.91 Å². The number of rotatable bonds is 8. The summed E-state index contributed by atoms with van der Waals surface area (Å²) in [6.07, 6.45) is 2.00. The number of unbranched alkanes of at least 4 members (excludes halogenated alkanes) is 1. The summed E-state index contributed by atoms with van der Waals surface area (Å²) in [7, 11) is 1.60. The molecule has 4 rings (SSSR count). The number of carbonyl (C=O) groups is 1. The van der Waals surface area contributed by atoms with Gasteiger partial charge in [-0.1, -0.05) is 42.2 Å². The summed E-state index contributed by atoms with van der Waals surface area (Å²) in [6, 6.07) is 12.8. The van der Waals surface area contributed by atoms with E-state index in [4.69, 9.17) is 9.47 Å². The average molecular weight is 449 g/mol. The van der Waals surface area contributed by atoms with Gasteiger partial charge in [-0.2, -0.15) is 4.68 Å². The highest BCUT2D eigenvalue weighted by atomic mass is 16.5. The fraction of sp³-hybridized carbons (Fsp3) is 0.333. The van der Waals surface area contributed by atoms with Crippen molar-refractivity contribution < 1.29 is 14.3 Å². The summed E-state index contributed by atoms with van der Waals surface area (Å²) in [4.78, 5) is 13.4. The van der Waals surface area contributed by atoms with Gasteiger partial charge in [0.15, 0.2) is 11.5 Å². The van der Waals surface area contributed by atoms with E-state index in [1.807, 2.05) is 56.3 Å². The van der Waals surface area contributed by atoms with E-state index in [0.29, 0.717) is 41.0 Å². The van der Waals surface area contributed by atoms with Crippen LogP contribution in [0.25, 0.3) is 0 Å². The van der Waals surface area contributed by atoms with Gasteiger partial charge < -0.3 is 20.1 Å². The Morgan fingerprint density at radius 3 is 2.67 bits per heavy atom. The van der Waals surface area contributed by atoms with Crippen molar-refractivity contribution in [3.8, 4) is 11.5 Å². The number of anilines is 2. The summed E-state index contributed by atoms with van der Waals surface area (Å²) in [5, 5.41) is 18.1. The van der Waals surface area contributed by atoms with E-state index >= 15 is 0 Å². The summed E-state index contributed by atoms with van der Waals surface area (Å²) >= 11 is 0. The third-order valence-corrected chi connectivity index (χ3v) is 5.53. The minimum atomic E-state index is -0.541. The molecule has 0 fully saturated rings. The highest BCUT2D eigenvalue weighted by molar-refractivity contribution is 6.06. The Labute approximate surface area is 192 Å². The monoisotopic (exact) mass is 448 g/mol. The maximum absolute atomic E-state index is 13.4. The van der Waals surface area contributed by atoms with E-state index < -0.39 is 6.04 Å². The van der Waals surface area contributed by atoms with Crippen LogP contribution in [0.3, 0.4) is 0 Å². The molecule has 9 nitrogen and oxygen atoms in total. The Morgan fingerprint density at radius 1 is 1.15 bits per heavy atom. The number of aromatic nitrogens is 4. The molecule has 172 valence electrons. The van der Waals surface area contributed by atoms with E-state index in [9.17, 15) is 4.79 Å². The lowest BCUT2D eigenvalue weighted by Crippen LogP contribution is -2.31. The van der Waals surface area contributed by atoms with Gasteiger partial charge in [0.05, 0.1) is 19.3 Å². The second kappa shape index (κ2) is 9.72. The first-order valence-corrected chi connectivity index (χ1v) is 11.0. The Kier molecular flexibility index (Phi) is 6.58. The molecule has 1 amide bonds. The molecule has 0 spiro atoms. The number of hydrogen-bond acceptors (Lipinski definition) is 7. The number of allylic oxidation sites excluding steroid dienone is 1. The number of benzene rings is 2. The van der Waals surface area contributed by atoms with Crippen molar-refractivity contribution in [2.24, 2.45) is 0 Å². The minimum Gasteiger partial charge on any atom is -0.493 e. The summed E-state index contributed by atoms with van der Waals surface area (Å²) < 4.78 is 13.1. The van der Waals surface area contributed by atoms with Crippen molar-refractivity contribution in [1.82, 2.24) is 20.2 Å². The van der Waals surface area contributed by atoms with E-state index in [1.165, 1.54) is 0 Å². The number of tetrazole rings is 1. The molecule has 0 bridgehead atoms. The number of nitrogens with zero attached hydrogens (tertiary/aromatic N) is 4. The summed E-state index contributed by atoms with van der Waals surface area (Å²) in [6.45, 7) is 6.57. The second-order valence-electron chi connectivity index (χ2n) is 7.95. The number of ether oxygens (including phenoxy) is 2. The van der Waals surface area contributed by atoms with Gasteiger partial charge in [-0.05, 0) is 60.5 Å². The van der Waals surface area contributed by atoms with Crippen LogP contribution in [0.5, 0.6) is 11.5 Å². The minimum absolute atomic E-state index is 0.239. The molecule has 2 aromatic carbocycles. The maximum atomic E-state index is 13.4. The van der Waals surface area contributed by atoms with Crippen LogP contribution in [0.4, 0.5) is 11.6 Å². The molecule has 1 atom stereocenters. The van der Waals surface area contributed by atoms with Crippen LogP contribution >= 0.6 is 0 Å². The molecular formula is C24H28N6O3. The van der Waals surface area contributed by atoms with Gasteiger partial charge in [-0.15, -0.1) is 0 Å². The SMILES string of the molecule is CCCCOc1ccc(C2C(C(=O)Nc3ccc(C)cc3)=C(C)Nc3nnnn32)cc1OC. The molecule has 9 heteroatoms. The molecular weight excluding hydrogens is 420 g/mol. The molecule has 1 aliphatic heterocycles. The maximum Gasteiger partial charge on any atom is 0.255 e. The smallest absolute Gasteiger partial charge is 0.255 e. The molecule has 0 radical (unpaired) electrons. The molecule has 3 aromatic rings. The average Bonchev–Trinajstić information content (AvgIpc) is 3.28. The quantitative estimate of drug-likeness (QED) is 0.500. The predicted octanol–water partition coefficient (Wildman–Crippen LogP) is 4.10. The number of methoxy groups -OCH3 is 1. The Bertz CT molecular complexity index is 1170. The first-order valence-electron chi connectivity index (χ1n) is 11.0. The van der Waals surface area contributed by atoms with Gasteiger partial charge >= 0.3 is 0 Å². The molecule has 1 aromatic heterocycles. The van der Waals surface area contributed by atoms with Crippen LogP contribution in [0, 0.1) is 6.92 Å². The van der Waals surface area contributed by atoms with Gasteiger partial charge in [0, 0.05) is 11.4 Å². The highest BCUT2D eigenvalue weighted by Gasteiger charge is 2.34. The molecule has 0 aliphatic carbocycles. The third-order valence-electron chi connectivity index (χ3n) is 5.53. The molecule has 2 N–H and O–H groups in total. The van der Waals surface area contributed by atoms with Crippen LogP contribution in [-0.2, 0) is 4.79 Å². The van der Waals surface area contributed by atoms with Crippen molar-refractivity contribution in [2.45, 2.75) is 39.7 Å². The van der Waals surface area contributed by atoms with Crippen molar-refractivity contribution in [1.29, 1.82) is 0 Å². The fourth-order valence-corrected chi connectivity index (χ4v) is 3.75. The number of nitrogens with one attached hydrogen (secondary N) is 2. The van der Waals surface area contributed by atoms with E-state index in [-0.39, 0.29) is 5.91 Å². The highest BCUT2D eigenvalue weighted by Crippen LogP contribution is 2.38. The van der Waals surface area contributed by atoms with Crippen LogP contribution < -0.4 is 20.1 Å². The molecule has 33 heavy (non-hydrogen) atoms. The molecule has 1 unspecified atom stereocenters. The van der Waals surface area contributed by atoms with E-state index in [2.05, 4.69) is 33.1 Å². The lowest BCUT2D eigenvalue weighted by Gasteiger charge is -2.28. The lowest BCUT2D eigenvalue weighted by atomic mass is 9.94. The number of carbonyl (C=O) groups excluding carboxylic acids is 1. The third kappa shape index (κ3) is 4.67. The van der Waals surface area contributed by atoms with Gasteiger partial charge in [-0.25, -0.2) is 0 Å². The number of fused-ring (bicyclic) bond motifs is 1. The first-order chi connectivity index (χ1) is 16.0. The predicted molar refractivity (Wildman–Crippen MR) is 125 cm³/mol. The van der Waals surface area contributed by atoms with E-state index in [0.717, 1.165) is 24.0 Å².